The average molecular weight is 257 g/mol. The third kappa shape index (κ3) is 2.72. The number of fused-ring (bicyclic) bond motifs is 1. The van der Waals surface area contributed by atoms with Gasteiger partial charge in [0.05, 0.1) is 0 Å². The summed E-state index contributed by atoms with van der Waals surface area (Å²) in [5.41, 5.74) is 3.46. The molecule has 1 heteroatoms. The highest BCUT2D eigenvalue weighted by Crippen LogP contribution is 2.41. The van der Waals surface area contributed by atoms with E-state index < -0.39 is 0 Å². The standard InChI is InChI=1S/C18H27N/c1-18(2)12-11-17(15-9-5-6-10-16(15)18)19-13-14-7-3-4-8-14/h5-6,9-10,14,17,19H,3-4,7-8,11-13H2,1-2H3. The molecule has 0 heterocycles. The van der Waals surface area contributed by atoms with Gasteiger partial charge in [-0.3, -0.25) is 0 Å². The molecular weight excluding hydrogens is 230 g/mol. The summed E-state index contributed by atoms with van der Waals surface area (Å²) in [6, 6.07) is 9.65. The lowest BCUT2D eigenvalue weighted by molar-refractivity contribution is 0.341. The van der Waals surface area contributed by atoms with E-state index in [0.29, 0.717) is 11.5 Å². The van der Waals surface area contributed by atoms with Gasteiger partial charge in [0.15, 0.2) is 0 Å². The predicted octanol–water partition coefficient (Wildman–Crippen LogP) is 4.58. The zero-order chi connectivity index (χ0) is 13.3. The number of hydrogen-bond acceptors (Lipinski definition) is 1. The minimum absolute atomic E-state index is 0.349. The van der Waals surface area contributed by atoms with E-state index in [9.17, 15) is 0 Å². The molecule has 0 amide bonds. The summed E-state index contributed by atoms with van der Waals surface area (Å²) in [6.07, 6.45) is 8.35. The normalized spacial score (nSPS) is 26.3. The Morgan fingerprint density at radius 3 is 2.63 bits per heavy atom. The molecule has 3 rings (SSSR count). The van der Waals surface area contributed by atoms with Gasteiger partial charge in [-0.25, -0.2) is 0 Å². The van der Waals surface area contributed by atoms with Crippen LogP contribution in [0.2, 0.25) is 0 Å². The first-order valence-electron chi connectivity index (χ1n) is 7.99. The summed E-state index contributed by atoms with van der Waals surface area (Å²) in [4.78, 5) is 0. The van der Waals surface area contributed by atoms with E-state index in [-0.39, 0.29) is 0 Å². The minimum atomic E-state index is 0.349. The molecule has 1 nitrogen and oxygen atoms in total. The molecule has 1 atom stereocenters. The molecule has 0 aliphatic heterocycles. The van der Waals surface area contributed by atoms with E-state index in [1.165, 1.54) is 45.1 Å². The summed E-state index contributed by atoms with van der Waals surface area (Å²) in [5.74, 6) is 0.932. The maximum Gasteiger partial charge on any atom is 0.0323 e. The third-order valence-electron chi connectivity index (χ3n) is 5.25. The molecule has 0 spiro atoms. The fourth-order valence-corrected chi connectivity index (χ4v) is 3.95. The van der Waals surface area contributed by atoms with Crippen molar-refractivity contribution in [2.45, 2.75) is 63.8 Å². The van der Waals surface area contributed by atoms with Gasteiger partial charge < -0.3 is 5.32 Å². The van der Waals surface area contributed by atoms with Crippen LogP contribution in [0.3, 0.4) is 0 Å². The number of nitrogens with one attached hydrogen (secondary N) is 1. The fraction of sp³-hybridized carbons (Fsp3) is 0.667. The maximum absolute atomic E-state index is 3.86. The smallest absolute Gasteiger partial charge is 0.0323 e. The summed E-state index contributed by atoms with van der Waals surface area (Å²) in [6.45, 7) is 6.00. The van der Waals surface area contributed by atoms with Gasteiger partial charge >= 0.3 is 0 Å². The quantitative estimate of drug-likeness (QED) is 0.836. The Kier molecular flexibility index (Phi) is 3.66. The Hall–Kier alpha value is -0.820. The Labute approximate surface area is 117 Å². The van der Waals surface area contributed by atoms with Crippen LogP contribution in [0.1, 0.15) is 69.5 Å². The van der Waals surface area contributed by atoms with Crippen molar-refractivity contribution in [2.75, 3.05) is 6.54 Å². The summed E-state index contributed by atoms with van der Waals surface area (Å²) in [5, 5.41) is 3.86. The second kappa shape index (κ2) is 5.28. The lowest BCUT2D eigenvalue weighted by atomic mass is 9.71. The van der Waals surface area contributed by atoms with Gasteiger partial charge in [-0.15, -0.1) is 0 Å². The number of hydrogen-bond donors (Lipinski definition) is 1. The molecule has 1 aromatic carbocycles. The monoisotopic (exact) mass is 257 g/mol. The predicted molar refractivity (Wildman–Crippen MR) is 81.4 cm³/mol. The molecule has 0 bridgehead atoms. The van der Waals surface area contributed by atoms with Crippen LogP contribution in [-0.2, 0) is 5.41 Å². The highest BCUT2D eigenvalue weighted by molar-refractivity contribution is 5.38. The first-order chi connectivity index (χ1) is 9.17. The van der Waals surface area contributed by atoms with Gasteiger partial charge in [0.25, 0.3) is 0 Å². The van der Waals surface area contributed by atoms with Crippen molar-refractivity contribution < 1.29 is 0 Å². The molecule has 19 heavy (non-hydrogen) atoms. The van der Waals surface area contributed by atoms with E-state index in [0.717, 1.165) is 5.92 Å². The second-order valence-electron chi connectivity index (χ2n) is 7.12. The van der Waals surface area contributed by atoms with E-state index >= 15 is 0 Å². The largest absolute Gasteiger partial charge is 0.310 e. The van der Waals surface area contributed by atoms with Crippen LogP contribution in [0.15, 0.2) is 24.3 Å². The van der Waals surface area contributed by atoms with Crippen molar-refractivity contribution in [3.63, 3.8) is 0 Å². The maximum atomic E-state index is 3.86. The molecule has 0 radical (unpaired) electrons. The Morgan fingerprint density at radius 1 is 1.11 bits per heavy atom. The highest BCUT2D eigenvalue weighted by atomic mass is 14.9. The minimum Gasteiger partial charge on any atom is -0.310 e. The lowest BCUT2D eigenvalue weighted by Crippen LogP contribution is -2.34. The van der Waals surface area contributed by atoms with Crippen molar-refractivity contribution >= 4 is 0 Å². The van der Waals surface area contributed by atoms with Gasteiger partial charge in [-0.05, 0) is 54.7 Å². The molecule has 0 saturated heterocycles. The van der Waals surface area contributed by atoms with Crippen LogP contribution >= 0.6 is 0 Å². The summed E-state index contributed by atoms with van der Waals surface area (Å²) < 4.78 is 0. The average Bonchev–Trinajstić information content (AvgIpc) is 2.91. The first kappa shape index (κ1) is 13.2. The van der Waals surface area contributed by atoms with Gasteiger partial charge in [0.1, 0.15) is 0 Å². The van der Waals surface area contributed by atoms with Crippen molar-refractivity contribution in [3.05, 3.63) is 35.4 Å². The fourth-order valence-electron chi connectivity index (χ4n) is 3.95. The topological polar surface area (TPSA) is 12.0 Å². The van der Waals surface area contributed by atoms with Crippen molar-refractivity contribution in [1.82, 2.24) is 5.32 Å². The van der Waals surface area contributed by atoms with Crippen molar-refractivity contribution in [3.8, 4) is 0 Å². The summed E-state index contributed by atoms with van der Waals surface area (Å²) >= 11 is 0. The van der Waals surface area contributed by atoms with Gasteiger partial charge in [-0.1, -0.05) is 51.0 Å². The zero-order valence-electron chi connectivity index (χ0n) is 12.4. The van der Waals surface area contributed by atoms with Crippen LogP contribution in [0.25, 0.3) is 0 Å². The Balaban J connectivity index is 1.73. The molecule has 1 N–H and O–H groups in total. The van der Waals surface area contributed by atoms with E-state index in [2.05, 4.69) is 43.4 Å². The summed E-state index contributed by atoms with van der Waals surface area (Å²) in [7, 11) is 0. The Morgan fingerprint density at radius 2 is 1.84 bits per heavy atom. The molecule has 2 aliphatic rings. The number of rotatable bonds is 3. The van der Waals surface area contributed by atoms with Crippen LogP contribution in [-0.4, -0.2) is 6.54 Å². The molecule has 2 aliphatic carbocycles. The second-order valence-corrected chi connectivity index (χ2v) is 7.12. The highest BCUT2D eigenvalue weighted by Gasteiger charge is 2.32. The lowest BCUT2D eigenvalue weighted by Gasteiger charge is -2.37. The molecule has 1 aromatic rings. The molecule has 1 unspecified atom stereocenters. The van der Waals surface area contributed by atoms with Gasteiger partial charge in [0.2, 0.25) is 0 Å². The zero-order valence-corrected chi connectivity index (χ0v) is 12.4. The van der Waals surface area contributed by atoms with Crippen LogP contribution in [0, 0.1) is 5.92 Å². The number of benzene rings is 1. The first-order valence-corrected chi connectivity index (χ1v) is 7.99. The van der Waals surface area contributed by atoms with E-state index in [1.807, 2.05) is 0 Å². The van der Waals surface area contributed by atoms with Crippen LogP contribution in [0.5, 0.6) is 0 Å². The van der Waals surface area contributed by atoms with Crippen molar-refractivity contribution in [2.24, 2.45) is 5.92 Å². The molecule has 0 aromatic heterocycles. The molecule has 1 saturated carbocycles. The van der Waals surface area contributed by atoms with Gasteiger partial charge in [-0.2, -0.15) is 0 Å². The van der Waals surface area contributed by atoms with Crippen LogP contribution in [0.4, 0.5) is 0 Å². The molecule has 104 valence electrons. The Bertz CT molecular complexity index is 429. The van der Waals surface area contributed by atoms with Gasteiger partial charge in [0, 0.05) is 6.04 Å². The van der Waals surface area contributed by atoms with E-state index in [4.69, 9.17) is 0 Å². The SMILES string of the molecule is CC1(C)CCC(NCC2CCCC2)c2ccccc21. The molecular formula is C18H27N. The third-order valence-corrected chi connectivity index (χ3v) is 5.25. The molecule has 1 fully saturated rings. The van der Waals surface area contributed by atoms with E-state index in [1.54, 1.807) is 11.1 Å². The van der Waals surface area contributed by atoms with Crippen LogP contribution < -0.4 is 5.32 Å². The van der Waals surface area contributed by atoms with Crippen molar-refractivity contribution in [1.29, 1.82) is 0 Å².